The SMILES string of the molecule is CCS(=O)(=O)CCOc1nonc1C(=Nc1ccc(F)c(Br)c1)NO. The number of benzene rings is 1. The molecule has 2 aromatic rings. The Labute approximate surface area is 150 Å². The zero-order valence-electron chi connectivity index (χ0n) is 12.9. The molecule has 2 rings (SSSR count). The van der Waals surface area contributed by atoms with E-state index in [9.17, 15) is 18.0 Å². The van der Waals surface area contributed by atoms with Crippen LogP contribution in [0.2, 0.25) is 0 Å². The highest BCUT2D eigenvalue weighted by Gasteiger charge is 2.19. The molecular weight excluding hydrogens is 423 g/mol. The van der Waals surface area contributed by atoms with Crippen LogP contribution in [0, 0.1) is 5.82 Å². The summed E-state index contributed by atoms with van der Waals surface area (Å²) < 4.78 is 46.1. The lowest BCUT2D eigenvalue weighted by Crippen LogP contribution is -2.22. The minimum atomic E-state index is -3.21. The van der Waals surface area contributed by atoms with Crippen molar-refractivity contribution in [3.63, 3.8) is 0 Å². The molecule has 0 aliphatic heterocycles. The van der Waals surface area contributed by atoms with Crippen molar-refractivity contribution in [2.24, 2.45) is 4.99 Å². The van der Waals surface area contributed by atoms with E-state index in [1.807, 2.05) is 5.48 Å². The highest BCUT2D eigenvalue weighted by Crippen LogP contribution is 2.23. The van der Waals surface area contributed by atoms with E-state index in [4.69, 9.17) is 4.74 Å². The van der Waals surface area contributed by atoms with Crippen molar-refractivity contribution >= 4 is 37.3 Å². The molecule has 9 nitrogen and oxygen atoms in total. The summed E-state index contributed by atoms with van der Waals surface area (Å²) in [6.07, 6.45) is 0. The van der Waals surface area contributed by atoms with E-state index in [1.165, 1.54) is 25.1 Å². The third-order valence-corrected chi connectivity index (χ3v) is 5.28. The normalized spacial score (nSPS) is 12.2. The van der Waals surface area contributed by atoms with Crippen LogP contribution < -0.4 is 10.2 Å². The molecule has 0 aliphatic rings. The Balaban J connectivity index is 2.20. The van der Waals surface area contributed by atoms with Gasteiger partial charge in [0.15, 0.2) is 15.7 Å². The fraction of sp³-hybridized carbons (Fsp3) is 0.308. The fourth-order valence-corrected chi connectivity index (χ4v) is 2.64. The standard InChI is InChI=1S/C13H14BrFN4O5S/c1-2-25(21,22)6-5-23-13-11(18-24-19-13)12(17-20)16-8-3-4-10(15)9(14)7-8/h3-4,7,20H,2,5-6H2,1H3,(H,16,17). The average Bonchev–Trinajstić information content (AvgIpc) is 3.04. The smallest absolute Gasteiger partial charge is 0.287 e. The number of rotatable bonds is 7. The van der Waals surface area contributed by atoms with Gasteiger partial charge in [0.05, 0.1) is 15.9 Å². The molecule has 0 fully saturated rings. The van der Waals surface area contributed by atoms with Crippen LogP contribution in [0.5, 0.6) is 5.88 Å². The summed E-state index contributed by atoms with van der Waals surface area (Å²) in [5.41, 5.74) is 2.05. The third-order valence-electron chi connectivity index (χ3n) is 3.01. The summed E-state index contributed by atoms with van der Waals surface area (Å²) in [6, 6.07) is 3.94. The first-order valence-electron chi connectivity index (χ1n) is 6.96. The number of hydrogen-bond donors (Lipinski definition) is 2. The maximum atomic E-state index is 13.3. The number of hydrogen-bond acceptors (Lipinski definition) is 8. The van der Waals surface area contributed by atoms with Gasteiger partial charge in [-0.05, 0) is 44.4 Å². The van der Waals surface area contributed by atoms with Crippen molar-refractivity contribution in [1.82, 2.24) is 15.8 Å². The third kappa shape index (κ3) is 5.21. The predicted octanol–water partition coefficient (Wildman–Crippen LogP) is 1.84. The molecule has 0 saturated carbocycles. The van der Waals surface area contributed by atoms with Crippen LogP contribution in [-0.2, 0) is 9.84 Å². The van der Waals surface area contributed by atoms with Crippen molar-refractivity contribution < 1.29 is 27.4 Å². The number of hydroxylamine groups is 1. The summed E-state index contributed by atoms with van der Waals surface area (Å²) in [6.45, 7) is 1.36. The van der Waals surface area contributed by atoms with E-state index in [1.54, 1.807) is 0 Å². The lowest BCUT2D eigenvalue weighted by atomic mass is 10.3. The molecule has 136 valence electrons. The molecule has 0 unspecified atom stereocenters. The van der Waals surface area contributed by atoms with Gasteiger partial charge >= 0.3 is 0 Å². The minimum absolute atomic E-state index is 0.00929. The summed E-state index contributed by atoms with van der Waals surface area (Å²) in [7, 11) is -3.21. The lowest BCUT2D eigenvalue weighted by Gasteiger charge is -2.05. The molecular formula is C13H14BrFN4O5S. The summed E-state index contributed by atoms with van der Waals surface area (Å²) in [4.78, 5) is 4.05. The van der Waals surface area contributed by atoms with Gasteiger partial charge < -0.3 is 4.74 Å². The number of amidine groups is 1. The van der Waals surface area contributed by atoms with E-state index in [2.05, 4.69) is 35.9 Å². The lowest BCUT2D eigenvalue weighted by molar-refractivity contribution is 0.233. The van der Waals surface area contributed by atoms with E-state index < -0.39 is 15.7 Å². The Morgan fingerprint density at radius 2 is 2.24 bits per heavy atom. The number of nitrogens with one attached hydrogen (secondary N) is 1. The topological polar surface area (TPSA) is 127 Å². The van der Waals surface area contributed by atoms with Crippen LogP contribution in [0.15, 0.2) is 32.3 Å². The Bertz CT molecular complexity index is 871. The first-order chi connectivity index (χ1) is 11.9. The van der Waals surface area contributed by atoms with E-state index in [0.717, 1.165) is 0 Å². The van der Waals surface area contributed by atoms with Gasteiger partial charge in [-0.15, -0.1) is 0 Å². The van der Waals surface area contributed by atoms with Crippen molar-refractivity contribution in [1.29, 1.82) is 0 Å². The first kappa shape index (κ1) is 19.3. The number of aromatic nitrogens is 2. The van der Waals surface area contributed by atoms with Crippen LogP contribution in [-0.4, -0.2) is 47.9 Å². The molecule has 0 radical (unpaired) electrons. The predicted molar refractivity (Wildman–Crippen MR) is 89.3 cm³/mol. The largest absolute Gasteiger partial charge is 0.473 e. The van der Waals surface area contributed by atoms with Gasteiger partial charge in [-0.2, -0.15) is 0 Å². The van der Waals surface area contributed by atoms with Crippen molar-refractivity contribution in [2.75, 3.05) is 18.1 Å². The van der Waals surface area contributed by atoms with Gasteiger partial charge in [0.25, 0.3) is 5.88 Å². The fourth-order valence-electron chi connectivity index (χ4n) is 1.64. The van der Waals surface area contributed by atoms with Gasteiger partial charge in [-0.1, -0.05) is 6.92 Å². The summed E-state index contributed by atoms with van der Waals surface area (Å²) in [5.74, 6) is -1.01. The zero-order valence-corrected chi connectivity index (χ0v) is 15.3. The quantitative estimate of drug-likeness (QED) is 0.382. The van der Waals surface area contributed by atoms with Crippen LogP contribution >= 0.6 is 15.9 Å². The highest BCUT2D eigenvalue weighted by atomic mass is 79.9. The van der Waals surface area contributed by atoms with Crippen LogP contribution in [0.4, 0.5) is 10.1 Å². The summed E-state index contributed by atoms with van der Waals surface area (Å²) in [5, 5.41) is 16.3. The van der Waals surface area contributed by atoms with Crippen molar-refractivity contribution in [2.45, 2.75) is 6.92 Å². The van der Waals surface area contributed by atoms with Gasteiger partial charge in [0, 0.05) is 5.75 Å². The average molecular weight is 437 g/mol. The molecule has 1 aromatic carbocycles. The molecule has 25 heavy (non-hydrogen) atoms. The van der Waals surface area contributed by atoms with Gasteiger partial charge in [0.1, 0.15) is 12.4 Å². The Morgan fingerprint density at radius 1 is 1.48 bits per heavy atom. The zero-order chi connectivity index (χ0) is 18.4. The Morgan fingerprint density at radius 3 is 2.88 bits per heavy atom. The first-order valence-corrected chi connectivity index (χ1v) is 9.57. The molecule has 0 amide bonds. The number of ether oxygens (including phenoxy) is 1. The molecule has 0 aliphatic carbocycles. The molecule has 0 spiro atoms. The Hall–Kier alpha value is -2.05. The molecule has 12 heteroatoms. The Kier molecular flexibility index (Phi) is 6.45. The molecule has 0 atom stereocenters. The van der Waals surface area contributed by atoms with E-state index >= 15 is 0 Å². The summed E-state index contributed by atoms with van der Waals surface area (Å²) >= 11 is 3.03. The number of sulfone groups is 1. The van der Waals surface area contributed by atoms with Crippen LogP contribution in [0.3, 0.4) is 0 Å². The highest BCUT2D eigenvalue weighted by molar-refractivity contribution is 9.10. The van der Waals surface area contributed by atoms with E-state index in [-0.39, 0.29) is 40.0 Å². The number of halogens is 2. The van der Waals surface area contributed by atoms with Gasteiger partial charge in [-0.25, -0.2) is 22.4 Å². The molecule has 1 aromatic heterocycles. The second kappa shape index (κ2) is 8.36. The maximum absolute atomic E-state index is 13.3. The van der Waals surface area contributed by atoms with Crippen molar-refractivity contribution in [3.05, 3.63) is 34.2 Å². The molecule has 0 bridgehead atoms. The maximum Gasteiger partial charge on any atom is 0.287 e. The molecule has 0 saturated heterocycles. The second-order valence-corrected chi connectivity index (χ2v) is 8.00. The molecule has 2 N–H and O–H groups in total. The monoisotopic (exact) mass is 436 g/mol. The molecule has 1 heterocycles. The van der Waals surface area contributed by atoms with Gasteiger partial charge in [-0.3, -0.25) is 10.7 Å². The van der Waals surface area contributed by atoms with Gasteiger partial charge in [0.2, 0.25) is 5.69 Å². The van der Waals surface area contributed by atoms with Crippen LogP contribution in [0.1, 0.15) is 12.6 Å². The van der Waals surface area contributed by atoms with Crippen molar-refractivity contribution in [3.8, 4) is 5.88 Å². The number of nitrogens with zero attached hydrogens (tertiary/aromatic N) is 3. The minimum Gasteiger partial charge on any atom is -0.473 e. The number of aliphatic imine (C=N–C) groups is 1. The van der Waals surface area contributed by atoms with E-state index in [0.29, 0.717) is 5.69 Å². The van der Waals surface area contributed by atoms with Crippen LogP contribution in [0.25, 0.3) is 0 Å². The second-order valence-electron chi connectivity index (χ2n) is 4.67.